The summed E-state index contributed by atoms with van der Waals surface area (Å²) in [7, 11) is 0. The summed E-state index contributed by atoms with van der Waals surface area (Å²) in [6.45, 7) is 14.8. The molecule has 10 aromatic rings. The molecule has 0 N–H and O–H groups in total. The highest BCUT2D eigenvalue weighted by Gasteiger charge is 2.19. The molecule has 0 aliphatic heterocycles. The highest BCUT2D eigenvalue weighted by atomic mass is 16.3. The van der Waals surface area contributed by atoms with Crippen molar-refractivity contribution in [3.63, 3.8) is 0 Å². The lowest BCUT2D eigenvalue weighted by Gasteiger charge is -2.28. The molecule has 0 aliphatic rings. The molecule has 302 valence electrons. The van der Waals surface area contributed by atoms with Crippen LogP contribution < -0.4 is 4.90 Å². The number of furan rings is 1. The second kappa shape index (κ2) is 17.3. The van der Waals surface area contributed by atoms with Gasteiger partial charge in [0.25, 0.3) is 0 Å². The van der Waals surface area contributed by atoms with E-state index in [9.17, 15) is 0 Å². The summed E-state index contributed by atoms with van der Waals surface area (Å²) in [4.78, 5) is 2.39. The number of hydrogen-bond acceptors (Lipinski definition) is 2. The van der Waals surface area contributed by atoms with E-state index in [1.165, 1.54) is 60.5 Å². The predicted molar refractivity (Wildman–Crippen MR) is 267 cm³/mol. The van der Waals surface area contributed by atoms with Crippen LogP contribution in [0.5, 0.6) is 0 Å². The summed E-state index contributed by atoms with van der Waals surface area (Å²) in [5.41, 5.74) is 16.3. The molecule has 0 unspecified atom stereocenters. The first-order valence-corrected chi connectivity index (χ1v) is 21.6. The third-order valence-electron chi connectivity index (χ3n) is 12.2. The Hall–Kier alpha value is -7.42. The van der Waals surface area contributed by atoms with Crippen LogP contribution in [0.15, 0.2) is 205 Å². The van der Waals surface area contributed by atoms with Crippen LogP contribution in [0, 0.1) is 20.8 Å². The maximum atomic E-state index is 6.29. The Kier molecular flexibility index (Phi) is 11.2. The van der Waals surface area contributed by atoms with Crippen LogP contribution >= 0.6 is 0 Å². The summed E-state index contributed by atoms with van der Waals surface area (Å²) in [5.74, 6) is 1.54. The van der Waals surface area contributed by atoms with Crippen molar-refractivity contribution in [2.75, 3.05) is 4.90 Å². The van der Waals surface area contributed by atoms with Gasteiger partial charge in [-0.2, -0.15) is 0 Å². The predicted octanol–water partition coefficient (Wildman–Crippen LogP) is 17.6. The third-order valence-corrected chi connectivity index (χ3v) is 12.2. The molecule has 9 aromatic carbocycles. The Morgan fingerprint density at radius 2 is 1.03 bits per heavy atom. The van der Waals surface area contributed by atoms with Gasteiger partial charge in [-0.25, -0.2) is 0 Å². The minimum absolute atomic E-state index is 0.659. The molecule has 0 radical (unpaired) electrons. The summed E-state index contributed by atoms with van der Waals surface area (Å²) < 4.78 is 6.29. The molecular formula is C60H51NO. The van der Waals surface area contributed by atoms with Crippen molar-refractivity contribution in [2.24, 2.45) is 0 Å². The van der Waals surface area contributed by atoms with Gasteiger partial charge in [-0.05, 0) is 124 Å². The summed E-state index contributed by atoms with van der Waals surface area (Å²) in [5, 5.41) is 5.99. The lowest BCUT2D eigenvalue weighted by Crippen LogP contribution is -2.10. The second-order valence-corrected chi connectivity index (χ2v) is 16.5. The van der Waals surface area contributed by atoms with E-state index in [0.29, 0.717) is 5.92 Å². The number of benzene rings is 9. The van der Waals surface area contributed by atoms with E-state index in [2.05, 4.69) is 227 Å². The molecule has 0 fully saturated rings. The molecule has 0 spiro atoms. The van der Waals surface area contributed by atoms with Crippen molar-refractivity contribution >= 4 is 55.7 Å². The van der Waals surface area contributed by atoms with E-state index in [1.807, 2.05) is 19.1 Å². The minimum atomic E-state index is 0.659. The van der Waals surface area contributed by atoms with Gasteiger partial charge < -0.3 is 9.32 Å². The smallest absolute Gasteiger partial charge is 0.142 e. The van der Waals surface area contributed by atoms with Crippen LogP contribution in [0.25, 0.3) is 72.0 Å². The first-order valence-electron chi connectivity index (χ1n) is 21.6. The summed E-state index contributed by atoms with van der Waals surface area (Å²) >= 11 is 0. The van der Waals surface area contributed by atoms with E-state index >= 15 is 0 Å². The molecule has 0 saturated heterocycles. The van der Waals surface area contributed by atoms with Crippen molar-refractivity contribution < 1.29 is 4.42 Å². The van der Waals surface area contributed by atoms with Crippen molar-refractivity contribution in [3.8, 4) is 33.4 Å². The zero-order chi connectivity index (χ0) is 42.7. The van der Waals surface area contributed by atoms with Crippen LogP contribution in [0.4, 0.5) is 17.1 Å². The Labute approximate surface area is 366 Å². The van der Waals surface area contributed by atoms with Crippen LogP contribution in [-0.2, 0) is 0 Å². The molecule has 1 aromatic heterocycles. The molecule has 1 heterocycles. The number of nitrogens with zero attached hydrogens (tertiary/aromatic N) is 1. The highest BCUT2D eigenvalue weighted by Crippen LogP contribution is 2.44. The number of rotatable bonds is 8. The molecule has 0 saturated carbocycles. The first-order chi connectivity index (χ1) is 30.3. The number of hydrogen-bond donors (Lipinski definition) is 0. The van der Waals surface area contributed by atoms with E-state index in [4.69, 9.17) is 4.42 Å². The zero-order valence-corrected chi connectivity index (χ0v) is 36.2. The van der Waals surface area contributed by atoms with Crippen molar-refractivity contribution in [2.45, 2.75) is 40.5 Å². The average molecular weight is 802 g/mol. The molecular weight excluding hydrogens is 751 g/mol. The molecule has 0 aliphatic carbocycles. The molecule has 2 nitrogen and oxygen atoms in total. The Morgan fingerprint density at radius 1 is 0.468 bits per heavy atom. The SMILES string of the molecule is C=Cc1c(C)oc2c(-c3ccc(N(c4ccc(-c5ccc(C)c(-c6ccccc6C)c5)cc4)c4cc5ccccc5c5ccccc45)cc3)cccc12.CC(C)c1ccccc1. The summed E-state index contributed by atoms with van der Waals surface area (Å²) in [6, 6.07) is 69.9. The minimum Gasteiger partial charge on any atom is -0.460 e. The van der Waals surface area contributed by atoms with Gasteiger partial charge in [0, 0.05) is 33.3 Å². The standard InChI is InChI=1S/C51H39NO.C9H12/c1-5-42-35(4)53-51-45(19-12-20-48(42)51)37-25-29-41(30-26-37)52(50-32-39-14-7-9-16-44(39)46-17-10-11-18-47(46)50)40-27-23-36(24-28-40)38-22-21-34(3)49(31-38)43-15-8-6-13-33(43)2;1-8(2)9-6-4-3-5-7-9/h5-32H,1H2,2-4H3;3-8H,1-2H3. The maximum Gasteiger partial charge on any atom is 0.142 e. The Balaban J connectivity index is 0.000000486. The maximum absolute atomic E-state index is 6.29. The highest BCUT2D eigenvalue weighted by molar-refractivity contribution is 6.14. The molecule has 62 heavy (non-hydrogen) atoms. The van der Waals surface area contributed by atoms with Gasteiger partial charge in [0.05, 0.1) is 5.69 Å². The number of para-hydroxylation sites is 1. The monoisotopic (exact) mass is 801 g/mol. The van der Waals surface area contributed by atoms with Crippen molar-refractivity contribution in [1.82, 2.24) is 0 Å². The van der Waals surface area contributed by atoms with E-state index in [-0.39, 0.29) is 0 Å². The number of fused-ring (bicyclic) bond motifs is 4. The molecule has 2 heteroatoms. The Bertz CT molecular complexity index is 3190. The Morgan fingerprint density at radius 3 is 1.71 bits per heavy atom. The lowest BCUT2D eigenvalue weighted by molar-refractivity contribution is 0.578. The molecule has 0 atom stereocenters. The van der Waals surface area contributed by atoms with Crippen molar-refractivity contribution in [1.29, 1.82) is 0 Å². The number of anilines is 3. The van der Waals surface area contributed by atoms with E-state index in [0.717, 1.165) is 50.5 Å². The fourth-order valence-corrected chi connectivity index (χ4v) is 8.78. The van der Waals surface area contributed by atoms with Crippen LogP contribution in [-0.4, -0.2) is 0 Å². The van der Waals surface area contributed by atoms with Crippen LogP contribution in [0.1, 0.15) is 47.8 Å². The first kappa shape index (κ1) is 40.0. The lowest BCUT2D eigenvalue weighted by atomic mass is 9.93. The molecule has 10 rings (SSSR count). The van der Waals surface area contributed by atoms with Gasteiger partial charge in [0.1, 0.15) is 11.3 Å². The third kappa shape index (κ3) is 7.72. The van der Waals surface area contributed by atoms with Gasteiger partial charge >= 0.3 is 0 Å². The van der Waals surface area contributed by atoms with Gasteiger partial charge in [-0.15, -0.1) is 0 Å². The van der Waals surface area contributed by atoms with Crippen LogP contribution in [0.3, 0.4) is 0 Å². The normalized spacial score (nSPS) is 11.2. The van der Waals surface area contributed by atoms with Gasteiger partial charge in [-0.1, -0.05) is 184 Å². The average Bonchev–Trinajstić information content (AvgIpc) is 3.65. The largest absolute Gasteiger partial charge is 0.460 e. The topological polar surface area (TPSA) is 16.4 Å². The summed E-state index contributed by atoms with van der Waals surface area (Å²) in [6.07, 6.45) is 1.88. The van der Waals surface area contributed by atoms with Gasteiger partial charge in [0.15, 0.2) is 0 Å². The van der Waals surface area contributed by atoms with E-state index < -0.39 is 0 Å². The molecule has 0 bridgehead atoms. The van der Waals surface area contributed by atoms with Gasteiger partial charge in [0.2, 0.25) is 0 Å². The van der Waals surface area contributed by atoms with Crippen molar-refractivity contribution in [3.05, 3.63) is 229 Å². The van der Waals surface area contributed by atoms with Crippen LogP contribution in [0.2, 0.25) is 0 Å². The second-order valence-electron chi connectivity index (χ2n) is 16.5. The van der Waals surface area contributed by atoms with E-state index in [1.54, 1.807) is 0 Å². The number of aryl methyl sites for hydroxylation is 3. The zero-order valence-electron chi connectivity index (χ0n) is 36.2. The van der Waals surface area contributed by atoms with Gasteiger partial charge in [-0.3, -0.25) is 0 Å². The quantitative estimate of drug-likeness (QED) is 0.142. The molecule has 0 amide bonds. The fourth-order valence-electron chi connectivity index (χ4n) is 8.78. The fraction of sp³-hybridized carbons (Fsp3) is 0.100.